The van der Waals surface area contributed by atoms with Crippen molar-refractivity contribution < 1.29 is 22.7 Å². The zero-order chi connectivity index (χ0) is 27.1. The van der Waals surface area contributed by atoms with E-state index in [4.69, 9.17) is 4.74 Å². The number of anilines is 2. The number of thiophene rings is 1. The Morgan fingerprint density at radius 2 is 1.92 bits per heavy atom. The minimum atomic E-state index is -3.73. The van der Waals surface area contributed by atoms with Gasteiger partial charge in [0.1, 0.15) is 4.90 Å². The molecule has 3 aromatic carbocycles. The topological polar surface area (TPSA) is 96.0 Å². The number of piperidine rings is 1. The Bertz CT molecular complexity index is 1700. The van der Waals surface area contributed by atoms with E-state index in [9.17, 15) is 18.0 Å². The second-order valence-corrected chi connectivity index (χ2v) is 12.8. The van der Waals surface area contributed by atoms with Crippen LogP contribution < -0.4 is 10.2 Å². The molecule has 1 saturated heterocycles. The van der Waals surface area contributed by atoms with Crippen LogP contribution in [0.5, 0.6) is 0 Å². The summed E-state index contributed by atoms with van der Waals surface area (Å²) >= 11 is 1.41. The Balaban J connectivity index is 1.23. The van der Waals surface area contributed by atoms with Gasteiger partial charge in [-0.2, -0.15) is 4.31 Å². The van der Waals surface area contributed by atoms with Crippen molar-refractivity contribution in [2.24, 2.45) is 5.92 Å². The standard InChI is InChI=1S/C29H29N3O5S2/c1-37-16-6-15-32-24-13-12-23(20-9-4-10-22(27(20)24)29(32)34)30-28(33)19-7-5-14-31(17-19)39(35,36)26-18-38-25-11-3-2-8-21(25)26/h2-4,8-13,18-19H,5-7,14-17H2,1H3,(H,30,33). The van der Waals surface area contributed by atoms with Crippen LogP contribution in [-0.4, -0.2) is 57.9 Å². The molecule has 2 aliphatic rings. The van der Waals surface area contributed by atoms with Gasteiger partial charge < -0.3 is 15.0 Å². The van der Waals surface area contributed by atoms with Gasteiger partial charge in [0.2, 0.25) is 15.9 Å². The highest BCUT2D eigenvalue weighted by molar-refractivity contribution is 7.89. The van der Waals surface area contributed by atoms with E-state index in [-0.39, 0.29) is 18.4 Å². The molecule has 0 aliphatic carbocycles. The molecule has 1 aromatic heterocycles. The third-order valence-electron chi connectivity index (χ3n) is 7.59. The molecular weight excluding hydrogens is 534 g/mol. The van der Waals surface area contributed by atoms with Crippen LogP contribution in [0.25, 0.3) is 20.9 Å². The Morgan fingerprint density at radius 3 is 2.77 bits per heavy atom. The average molecular weight is 564 g/mol. The quantitative estimate of drug-likeness (QED) is 0.301. The molecule has 4 aromatic rings. The van der Waals surface area contributed by atoms with Gasteiger partial charge >= 0.3 is 0 Å². The molecule has 10 heteroatoms. The molecule has 6 rings (SSSR count). The minimum absolute atomic E-state index is 0.0516. The van der Waals surface area contributed by atoms with Crippen LogP contribution in [0, 0.1) is 5.92 Å². The molecule has 0 radical (unpaired) electrons. The Kier molecular flexibility index (Phi) is 6.88. The fraction of sp³-hybridized carbons (Fsp3) is 0.310. The van der Waals surface area contributed by atoms with Gasteiger partial charge in [0.15, 0.2) is 0 Å². The van der Waals surface area contributed by atoms with E-state index >= 15 is 0 Å². The third-order valence-corrected chi connectivity index (χ3v) is 10.6. The van der Waals surface area contributed by atoms with Crippen molar-refractivity contribution in [3.05, 3.63) is 65.5 Å². The number of carbonyl (C=O) groups excluding carboxylic acids is 2. The Morgan fingerprint density at radius 1 is 1.10 bits per heavy atom. The van der Waals surface area contributed by atoms with E-state index < -0.39 is 15.9 Å². The maximum atomic E-state index is 13.6. The van der Waals surface area contributed by atoms with Crippen LogP contribution >= 0.6 is 11.3 Å². The first-order chi connectivity index (χ1) is 18.9. The van der Waals surface area contributed by atoms with E-state index in [1.807, 2.05) is 54.6 Å². The van der Waals surface area contributed by atoms with Crippen molar-refractivity contribution in [2.75, 3.05) is 43.6 Å². The zero-order valence-electron chi connectivity index (χ0n) is 21.6. The molecular formula is C29H29N3O5S2. The van der Waals surface area contributed by atoms with Gasteiger partial charge in [0.05, 0.1) is 11.6 Å². The van der Waals surface area contributed by atoms with Gasteiger partial charge in [-0.05, 0) is 43.5 Å². The first kappa shape index (κ1) is 25.9. The number of sulfonamides is 1. The maximum Gasteiger partial charge on any atom is 0.258 e. The number of fused-ring (bicyclic) bond motifs is 1. The highest BCUT2D eigenvalue weighted by Gasteiger charge is 2.35. The Hall–Kier alpha value is -3.31. The van der Waals surface area contributed by atoms with Crippen LogP contribution in [0.3, 0.4) is 0 Å². The van der Waals surface area contributed by atoms with Crippen LogP contribution in [-0.2, 0) is 19.6 Å². The lowest BCUT2D eigenvalue weighted by Crippen LogP contribution is -2.43. The lowest BCUT2D eigenvalue weighted by atomic mass is 9.98. The van der Waals surface area contributed by atoms with Crippen molar-refractivity contribution in [3.63, 3.8) is 0 Å². The first-order valence-electron chi connectivity index (χ1n) is 13.0. The summed E-state index contributed by atoms with van der Waals surface area (Å²) in [4.78, 5) is 28.6. The van der Waals surface area contributed by atoms with Gasteiger partial charge in [0.25, 0.3) is 5.91 Å². The number of nitrogens with one attached hydrogen (secondary N) is 1. The number of nitrogens with zero attached hydrogens (tertiary/aromatic N) is 2. The van der Waals surface area contributed by atoms with E-state index in [0.29, 0.717) is 54.1 Å². The molecule has 8 nitrogen and oxygen atoms in total. The fourth-order valence-corrected chi connectivity index (χ4v) is 8.64. The Labute approximate surface area is 231 Å². The van der Waals surface area contributed by atoms with E-state index in [0.717, 1.165) is 27.6 Å². The lowest BCUT2D eigenvalue weighted by Gasteiger charge is -2.31. The van der Waals surface area contributed by atoms with Crippen molar-refractivity contribution in [1.29, 1.82) is 0 Å². The number of carbonyl (C=O) groups is 2. The van der Waals surface area contributed by atoms with Crippen LogP contribution in [0.4, 0.5) is 11.4 Å². The monoisotopic (exact) mass is 563 g/mol. The molecule has 2 aliphatic heterocycles. The lowest BCUT2D eigenvalue weighted by molar-refractivity contribution is -0.120. The third kappa shape index (κ3) is 4.51. The van der Waals surface area contributed by atoms with Crippen molar-refractivity contribution in [1.82, 2.24) is 4.31 Å². The van der Waals surface area contributed by atoms with Gasteiger partial charge in [-0.25, -0.2) is 8.42 Å². The predicted molar refractivity (Wildman–Crippen MR) is 154 cm³/mol. The molecule has 3 heterocycles. The molecule has 0 bridgehead atoms. The number of ether oxygens (including phenoxy) is 1. The SMILES string of the molecule is COCCCN1C(=O)c2cccc3c(NC(=O)C4CCCN(S(=O)(=O)c5csc6ccccc56)C4)ccc1c23. The summed E-state index contributed by atoms with van der Waals surface area (Å²) in [7, 11) is -2.09. The largest absolute Gasteiger partial charge is 0.385 e. The summed E-state index contributed by atoms with van der Waals surface area (Å²) in [5.41, 5.74) is 2.07. The highest BCUT2D eigenvalue weighted by Crippen LogP contribution is 2.41. The van der Waals surface area contributed by atoms with Gasteiger partial charge in [-0.15, -0.1) is 11.3 Å². The van der Waals surface area contributed by atoms with Gasteiger partial charge in [-0.3, -0.25) is 9.59 Å². The van der Waals surface area contributed by atoms with E-state index in [1.54, 1.807) is 17.4 Å². The summed E-state index contributed by atoms with van der Waals surface area (Å²) in [6.07, 6.45) is 1.93. The van der Waals surface area contributed by atoms with Crippen LogP contribution in [0.2, 0.25) is 0 Å². The number of hydrogen-bond donors (Lipinski definition) is 1. The maximum absolute atomic E-state index is 13.6. The number of hydrogen-bond acceptors (Lipinski definition) is 6. The molecule has 1 fully saturated rings. The average Bonchev–Trinajstić information content (AvgIpc) is 3.51. The first-order valence-corrected chi connectivity index (χ1v) is 15.4. The predicted octanol–water partition coefficient (Wildman–Crippen LogP) is 5.09. The zero-order valence-corrected chi connectivity index (χ0v) is 23.2. The molecule has 202 valence electrons. The number of rotatable bonds is 8. The van der Waals surface area contributed by atoms with Crippen LogP contribution in [0.15, 0.2) is 64.9 Å². The normalized spacial score (nSPS) is 17.8. The summed E-state index contributed by atoms with van der Waals surface area (Å²) < 4.78 is 34.6. The molecule has 2 amide bonds. The number of benzene rings is 3. The van der Waals surface area contributed by atoms with E-state index in [1.165, 1.54) is 15.6 Å². The summed E-state index contributed by atoms with van der Waals surface area (Å²) in [5, 5.41) is 7.08. The number of amides is 2. The van der Waals surface area contributed by atoms with Gasteiger partial charge in [0, 0.05) is 70.8 Å². The van der Waals surface area contributed by atoms with E-state index in [2.05, 4.69) is 5.32 Å². The summed E-state index contributed by atoms with van der Waals surface area (Å²) in [6, 6.07) is 16.7. The van der Waals surface area contributed by atoms with Crippen molar-refractivity contribution in [3.8, 4) is 0 Å². The molecule has 0 saturated carbocycles. The summed E-state index contributed by atoms with van der Waals surface area (Å²) in [6.45, 7) is 1.63. The molecule has 39 heavy (non-hydrogen) atoms. The number of methoxy groups -OCH3 is 1. The highest BCUT2D eigenvalue weighted by atomic mass is 32.2. The smallest absolute Gasteiger partial charge is 0.258 e. The van der Waals surface area contributed by atoms with Crippen molar-refractivity contribution in [2.45, 2.75) is 24.2 Å². The fourth-order valence-electron chi connectivity index (χ4n) is 5.65. The van der Waals surface area contributed by atoms with Gasteiger partial charge in [-0.1, -0.05) is 30.3 Å². The molecule has 1 unspecified atom stereocenters. The molecule has 0 spiro atoms. The van der Waals surface area contributed by atoms with Crippen molar-refractivity contribution >= 4 is 65.4 Å². The minimum Gasteiger partial charge on any atom is -0.385 e. The second-order valence-electron chi connectivity index (χ2n) is 9.95. The summed E-state index contributed by atoms with van der Waals surface area (Å²) in [5.74, 6) is -0.745. The molecule has 1 atom stereocenters. The molecule has 1 N–H and O–H groups in total. The van der Waals surface area contributed by atoms with Crippen LogP contribution in [0.1, 0.15) is 29.6 Å². The second kappa shape index (κ2) is 10.3.